The molecule has 21 heavy (non-hydrogen) atoms. The highest BCUT2D eigenvalue weighted by Gasteiger charge is 2.31. The van der Waals surface area contributed by atoms with Crippen molar-refractivity contribution in [1.82, 2.24) is 5.32 Å². The molecule has 6 heteroatoms. The van der Waals surface area contributed by atoms with Gasteiger partial charge in [-0.05, 0) is 24.5 Å². The van der Waals surface area contributed by atoms with Crippen molar-refractivity contribution in [2.75, 3.05) is 6.54 Å². The maximum Gasteiger partial charge on any atom is 0.416 e. The van der Waals surface area contributed by atoms with E-state index in [9.17, 15) is 18.0 Å². The molecule has 0 spiro atoms. The molecule has 1 aromatic rings. The molecular formula is C15H21F3N2O. The number of halogens is 3. The molecule has 0 saturated heterocycles. The Kier molecular flexibility index (Phi) is 5.39. The van der Waals surface area contributed by atoms with E-state index in [1.165, 1.54) is 12.1 Å². The van der Waals surface area contributed by atoms with Crippen LogP contribution in [0.25, 0.3) is 0 Å². The lowest BCUT2D eigenvalue weighted by Crippen LogP contribution is -2.55. The van der Waals surface area contributed by atoms with Crippen molar-refractivity contribution < 1.29 is 18.0 Å². The number of carbonyl (C=O) groups is 1. The molecule has 0 aliphatic carbocycles. The Morgan fingerprint density at radius 2 is 1.95 bits per heavy atom. The van der Waals surface area contributed by atoms with Gasteiger partial charge in [-0.2, -0.15) is 13.2 Å². The summed E-state index contributed by atoms with van der Waals surface area (Å²) in [5.41, 5.74) is 4.67. The second kappa shape index (κ2) is 6.47. The predicted molar refractivity (Wildman–Crippen MR) is 75.6 cm³/mol. The Bertz CT molecular complexity index is 500. The van der Waals surface area contributed by atoms with Crippen LogP contribution in [0.5, 0.6) is 0 Å². The van der Waals surface area contributed by atoms with Crippen LogP contribution < -0.4 is 11.1 Å². The smallest absolute Gasteiger partial charge is 0.349 e. The van der Waals surface area contributed by atoms with E-state index >= 15 is 0 Å². The lowest BCUT2D eigenvalue weighted by atomic mass is 9.88. The summed E-state index contributed by atoms with van der Waals surface area (Å²) in [6.45, 7) is 5.94. The molecule has 1 aromatic carbocycles. The molecule has 0 aliphatic heterocycles. The minimum atomic E-state index is -4.41. The van der Waals surface area contributed by atoms with Crippen molar-refractivity contribution in [3.05, 3.63) is 35.4 Å². The number of carbonyl (C=O) groups excluding carboxylic acids is 1. The molecule has 0 heterocycles. The van der Waals surface area contributed by atoms with E-state index < -0.39 is 17.3 Å². The van der Waals surface area contributed by atoms with E-state index in [4.69, 9.17) is 5.73 Å². The van der Waals surface area contributed by atoms with Crippen molar-refractivity contribution in [2.24, 2.45) is 11.7 Å². The number of alkyl halides is 3. The molecule has 1 atom stereocenters. The van der Waals surface area contributed by atoms with Gasteiger partial charge in [-0.3, -0.25) is 4.79 Å². The predicted octanol–water partition coefficient (Wildman–Crippen LogP) is 2.74. The standard InChI is InChI=1S/C15H21F3N2O/c1-10(2)14(3,9-19)20-13(21)8-11-5-4-6-12(7-11)15(16,17)18/h4-7,10H,8-9,19H2,1-3H3,(H,20,21). The van der Waals surface area contributed by atoms with Crippen LogP contribution in [0, 0.1) is 5.92 Å². The van der Waals surface area contributed by atoms with Crippen LogP contribution in [0.3, 0.4) is 0 Å². The lowest BCUT2D eigenvalue weighted by Gasteiger charge is -2.33. The van der Waals surface area contributed by atoms with Crippen LogP contribution >= 0.6 is 0 Å². The summed E-state index contributed by atoms with van der Waals surface area (Å²) < 4.78 is 37.9. The molecule has 1 amide bonds. The molecule has 1 unspecified atom stereocenters. The van der Waals surface area contributed by atoms with Crippen LogP contribution in [0.15, 0.2) is 24.3 Å². The molecule has 0 radical (unpaired) electrons. The number of rotatable bonds is 5. The second-order valence-electron chi connectivity index (χ2n) is 5.70. The molecule has 0 aromatic heterocycles. The average molecular weight is 302 g/mol. The minimum Gasteiger partial charge on any atom is -0.349 e. The van der Waals surface area contributed by atoms with E-state index in [0.29, 0.717) is 5.56 Å². The summed E-state index contributed by atoms with van der Waals surface area (Å²) in [6.07, 6.45) is -4.51. The number of amides is 1. The maximum absolute atomic E-state index is 12.6. The van der Waals surface area contributed by atoms with Crippen LogP contribution in [0.1, 0.15) is 31.9 Å². The largest absolute Gasteiger partial charge is 0.416 e. The summed E-state index contributed by atoms with van der Waals surface area (Å²) in [4.78, 5) is 12.0. The number of hydrogen-bond acceptors (Lipinski definition) is 2. The fourth-order valence-electron chi connectivity index (χ4n) is 1.84. The Morgan fingerprint density at radius 3 is 2.43 bits per heavy atom. The van der Waals surface area contributed by atoms with Gasteiger partial charge in [-0.1, -0.05) is 32.0 Å². The third kappa shape index (κ3) is 4.74. The monoisotopic (exact) mass is 302 g/mol. The first-order valence-electron chi connectivity index (χ1n) is 6.75. The van der Waals surface area contributed by atoms with Gasteiger partial charge in [0.2, 0.25) is 5.91 Å². The second-order valence-corrected chi connectivity index (χ2v) is 5.70. The summed E-state index contributed by atoms with van der Waals surface area (Å²) in [5, 5.41) is 2.80. The highest BCUT2D eigenvalue weighted by Crippen LogP contribution is 2.29. The lowest BCUT2D eigenvalue weighted by molar-refractivity contribution is -0.137. The van der Waals surface area contributed by atoms with Crippen LogP contribution in [-0.4, -0.2) is 18.0 Å². The summed E-state index contributed by atoms with van der Waals surface area (Å²) >= 11 is 0. The molecule has 0 bridgehead atoms. The van der Waals surface area contributed by atoms with Gasteiger partial charge in [-0.15, -0.1) is 0 Å². The summed E-state index contributed by atoms with van der Waals surface area (Å²) in [7, 11) is 0. The molecule has 0 aliphatic rings. The fraction of sp³-hybridized carbons (Fsp3) is 0.533. The topological polar surface area (TPSA) is 55.1 Å². The Morgan fingerprint density at radius 1 is 1.33 bits per heavy atom. The van der Waals surface area contributed by atoms with Gasteiger partial charge in [-0.25, -0.2) is 0 Å². The molecule has 118 valence electrons. The minimum absolute atomic E-state index is 0.105. The zero-order valence-corrected chi connectivity index (χ0v) is 12.4. The van der Waals surface area contributed by atoms with Gasteiger partial charge in [0.15, 0.2) is 0 Å². The van der Waals surface area contributed by atoms with Gasteiger partial charge in [0.05, 0.1) is 17.5 Å². The fourth-order valence-corrected chi connectivity index (χ4v) is 1.84. The molecule has 3 N–H and O–H groups in total. The number of nitrogens with two attached hydrogens (primary N) is 1. The highest BCUT2D eigenvalue weighted by molar-refractivity contribution is 5.79. The molecule has 1 rings (SSSR count). The molecule has 0 saturated carbocycles. The zero-order chi connectivity index (χ0) is 16.3. The molecular weight excluding hydrogens is 281 g/mol. The molecule has 3 nitrogen and oxygen atoms in total. The van der Waals surface area contributed by atoms with Gasteiger partial charge < -0.3 is 11.1 Å². The van der Waals surface area contributed by atoms with E-state index in [-0.39, 0.29) is 24.8 Å². The maximum atomic E-state index is 12.6. The Labute approximate surface area is 122 Å². The normalized spacial score (nSPS) is 14.9. The van der Waals surface area contributed by atoms with Gasteiger partial charge in [0.25, 0.3) is 0 Å². The van der Waals surface area contributed by atoms with Crippen LogP contribution in [0.4, 0.5) is 13.2 Å². The van der Waals surface area contributed by atoms with Crippen LogP contribution in [0.2, 0.25) is 0 Å². The molecule has 0 fully saturated rings. The first kappa shape index (κ1) is 17.5. The van der Waals surface area contributed by atoms with Gasteiger partial charge in [0, 0.05) is 6.54 Å². The van der Waals surface area contributed by atoms with E-state index in [1.807, 2.05) is 20.8 Å². The number of benzene rings is 1. The number of hydrogen-bond donors (Lipinski definition) is 2. The van der Waals surface area contributed by atoms with E-state index in [2.05, 4.69) is 5.32 Å². The van der Waals surface area contributed by atoms with E-state index in [0.717, 1.165) is 12.1 Å². The third-order valence-corrected chi connectivity index (χ3v) is 3.74. The van der Waals surface area contributed by atoms with Gasteiger partial charge >= 0.3 is 6.18 Å². The number of nitrogens with one attached hydrogen (secondary N) is 1. The Balaban J connectivity index is 2.80. The van der Waals surface area contributed by atoms with Crippen molar-refractivity contribution >= 4 is 5.91 Å². The van der Waals surface area contributed by atoms with Crippen molar-refractivity contribution in [3.8, 4) is 0 Å². The first-order valence-corrected chi connectivity index (χ1v) is 6.75. The zero-order valence-electron chi connectivity index (χ0n) is 12.4. The average Bonchev–Trinajstić information content (AvgIpc) is 2.37. The highest BCUT2D eigenvalue weighted by atomic mass is 19.4. The van der Waals surface area contributed by atoms with Crippen molar-refractivity contribution in [1.29, 1.82) is 0 Å². The Hall–Kier alpha value is -1.56. The third-order valence-electron chi connectivity index (χ3n) is 3.74. The van der Waals surface area contributed by atoms with Crippen molar-refractivity contribution in [2.45, 2.75) is 38.9 Å². The summed E-state index contributed by atoms with van der Waals surface area (Å²) in [6, 6.07) is 4.79. The van der Waals surface area contributed by atoms with Crippen LogP contribution in [-0.2, 0) is 17.4 Å². The van der Waals surface area contributed by atoms with E-state index in [1.54, 1.807) is 0 Å². The van der Waals surface area contributed by atoms with Crippen molar-refractivity contribution in [3.63, 3.8) is 0 Å². The quantitative estimate of drug-likeness (QED) is 0.878. The van der Waals surface area contributed by atoms with Gasteiger partial charge in [0.1, 0.15) is 0 Å². The summed E-state index contributed by atoms with van der Waals surface area (Å²) in [5.74, 6) is -0.219. The SMILES string of the molecule is CC(C)C(C)(CN)NC(=O)Cc1cccc(C(F)(F)F)c1. The first-order chi connectivity index (χ1) is 9.58.